The predicted octanol–water partition coefficient (Wildman–Crippen LogP) is 5.03. The van der Waals surface area contributed by atoms with Crippen molar-refractivity contribution in [1.29, 1.82) is 0 Å². The maximum absolute atomic E-state index is 13.0. The average molecular weight is 472 g/mol. The lowest BCUT2D eigenvalue weighted by atomic mass is 9.95. The summed E-state index contributed by atoms with van der Waals surface area (Å²) >= 11 is 0. The number of likely N-dealkylation sites (tertiary alicyclic amines) is 1. The first-order chi connectivity index (χ1) is 17.0. The Morgan fingerprint density at radius 1 is 0.971 bits per heavy atom. The van der Waals surface area contributed by atoms with Gasteiger partial charge in [-0.05, 0) is 48.7 Å². The average Bonchev–Trinajstić information content (AvgIpc) is 3.13. The smallest absolute Gasteiger partial charge is 0.295 e. The van der Waals surface area contributed by atoms with Crippen LogP contribution in [0.1, 0.15) is 34.7 Å². The molecule has 6 nitrogen and oxygen atoms in total. The number of hydrogen-bond donors (Lipinski definition) is 1. The van der Waals surface area contributed by atoms with Crippen molar-refractivity contribution in [3.63, 3.8) is 0 Å². The lowest BCUT2D eigenvalue weighted by molar-refractivity contribution is -0.140. The van der Waals surface area contributed by atoms with Crippen molar-refractivity contribution in [2.75, 3.05) is 20.3 Å². The number of rotatable bonds is 9. The van der Waals surface area contributed by atoms with Gasteiger partial charge in [0, 0.05) is 25.8 Å². The van der Waals surface area contributed by atoms with E-state index in [0.717, 1.165) is 16.7 Å². The first-order valence-electron chi connectivity index (χ1n) is 11.6. The van der Waals surface area contributed by atoms with Crippen LogP contribution in [-0.4, -0.2) is 42.0 Å². The molecule has 180 valence electrons. The topological polar surface area (TPSA) is 76.1 Å². The Hall–Kier alpha value is -3.90. The molecule has 3 aromatic carbocycles. The van der Waals surface area contributed by atoms with Gasteiger partial charge in [-0.15, -0.1) is 0 Å². The molecule has 4 rings (SSSR count). The van der Waals surface area contributed by atoms with Crippen LogP contribution in [0, 0.1) is 6.92 Å². The fourth-order valence-corrected chi connectivity index (χ4v) is 4.30. The van der Waals surface area contributed by atoms with Gasteiger partial charge in [0.1, 0.15) is 18.1 Å². The number of methoxy groups -OCH3 is 1. The zero-order valence-electron chi connectivity index (χ0n) is 19.9. The molecule has 0 saturated carbocycles. The third-order valence-corrected chi connectivity index (χ3v) is 6.02. The summed E-state index contributed by atoms with van der Waals surface area (Å²) in [6, 6.07) is 23.6. The number of aliphatic hydroxyl groups excluding tert-OH is 1. The van der Waals surface area contributed by atoms with Gasteiger partial charge >= 0.3 is 0 Å². The number of nitrogens with zero attached hydrogens (tertiary/aromatic N) is 1. The molecular formula is C29H29NO5. The Labute approximate surface area is 205 Å². The number of ether oxygens (including phenoxy) is 2. The van der Waals surface area contributed by atoms with Crippen molar-refractivity contribution in [1.82, 2.24) is 4.90 Å². The molecule has 1 aliphatic heterocycles. The maximum Gasteiger partial charge on any atom is 0.295 e. The van der Waals surface area contributed by atoms with E-state index in [0.29, 0.717) is 37.5 Å². The third-order valence-electron chi connectivity index (χ3n) is 6.02. The second-order valence-corrected chi connectivity index (χ2v) is 8.55. The van der Waals surface area contributed by atoms with Crippen molar-refractivity contribution < 1.29 is 24.2 Å². The minimum absolute atomic E-state index is 0.0899. The molecule has 6 heteroatoms. The number of amides is 1. The van der Waals surface area contributed by atoms with Crippen LogP contribution in [0.25, 0.3) is 5.76 Å². The minimum Gasteiger partial charge on any atom is -0.507 e. The summed E-state index contributed by atoms with van der Waals surface area (Å²) in [7, 11) is 1.59. The molecule has 1 atom stereocenters. The van der Waals surface area contributed by atoms with Crippen LogP contribution in [0.2, 0.25) is 0 Å². The van der Waals surface area contributed by atoms with Crippen LogP contribution < -0.4 is 4.74 Å². The van der Waals surface area contributed by atoms with Gasteiger partial charge in [-0.1, -0.05) is 60.2 Å². The number of benzene rings is 3. The fourth-order valence-electron chi connectivity index (χ4n) is 4.30. The largest absolute Gasteiger partial charge is 0.507 e. The molecular weight excluding hydrogens is 442 g/mol. The van der Waals surface area contributed by atoms with Gasteiger partial charge in [0.05, 0.1) is 11.6 Å². The summed E-state index contributed by atoms with van der Waals surface area (Å²) in [4.78, 5) is 27.4. The second-order valence-electron chi connectivity index (χ2n) is 8.55. The highest BCUT2D eigenvalue weighted by Crippen LogP contribution is 2.39. The van der Waals surface area contributed by atoms with E-state index in [-0.39, 0.29) is 11.3 Å². The van der Waals surface area contributed by atoms with Gasteiger partial charge in [-0.3, -0.25) is 9.59 Å². The fraction of sp³-hybridized carbons (Fsp3) is 0.241. The summed E-state index contributed by atoms with van der Waals surface area (Å²) in [5.74, 6) is -0.859. The van der Waals surface area contributed by atoms with Gasteiger partial charge in [-0.2, -0.15) is 0 Å². The molecule has 1 unspecified atom stereocenters. The molecule has 0 bridgehead atoms. The van der Waals surface area contributed by atoms with Crippen molar-refractivity contribution in [3.05, 3.63) is 107 Å². The molecule has 1 fully saturated rings. The number of ketones is 1. The Bertz CT molecular complexity index is 1220. The zero-order valence-corrected chi connectivity index (χ0v) is 19.9. The normalized spacial score (nSPS) is 17.1. The van der Waals surface area contributed by atoms with E-state index < -0.39 is 17.7 Å². The molecule has 1 saturated heterocycles. The number of aliphatic hydroxyl groups is 1. The maximum atomic E-state index is 13.0. The second kappa shape index (κ2) is 11.0. The molecule has 0 aliphatic carbocycles. The number of carbonyl (C=O) groups is 2. The summed E-state index contributed by atoms with van der Waals surface area (Å²) < 4.78 is 11.0. The first kappa shape index (κ1) is 24.2. The number of Topliss-reactive ketones (excluding diaryl/α,β-unsaturated/α-hetero) is 1. The molecule has 3 aromatic rings. The SMILES string of the molecule is COCCCN1C(=O)C(=O)/C(=C(\O)c2ccc(OCc3cccc(C)c3)cc2)C1c1ccccc1. The molecule has 1 N–H and O–H groups in total. The lowest BCUT2D eigenvalue weighted by Gasteiger charge is -2.25. The van der Waals surface area contributed by atoms with Gasteiger partial charge in [0.15, 0.2) is 0 Å². The van der Waals surface area contributed by atoms with Gasteiger partial charge in [0.25, 0.3) is 11.7 Å². The van der Waals surface area contributed by atoms with Crippen LogP contribution in [-0.2, 0) is 20.9 Å². The van der Waals surface area contributed by atoms with Crippen molar-refractivity contribution >= 4 is 17.4 Å². The molecule has 0 spiro atoms. The molecule has 0 aromatic heterocycles. The van der Waals surface area contributed by atoms with Crippen LogP contribution in [0.4, 0.5) is 0 Å². The lowest BCUT2D eigenvalue weighted by Crippen LogP contribution is -2.31. The Kier molecular flexibility index (Phi) is 7.63. The standard InChI is InChI=1S/C29H29NO5/c1-20-8-6-9-21(18-20)19-35-24-14-12-23(13-15-24)27(31)25-26(22-10-4-3-5-11-22)30(16-7-17-34-2)29(33)28(25)32/h3-6,8-15,18,26,31H,7,16-17,19H2,1-2H3/b27-25-. The van der Waals surface area contributed by atoms with Crippen LogP contribution in [0.3, 0.4) is 0 Å². The molecule has 1 aliphatic rings. The highest BCUT2D eigenvalue weighted by atomic mass is 16.5. The van der Waals surface area contributed by atoms with Crippen LogP contribution in [0.15, 0.2) is 84.4 Å². The summed E-state index contributed by atoms with van der Waals surface area (Å²) in [5.41, 5.74) is 3.53. The summed E-state index contributed by atoms with van der Waals surface area (Å²) in [6.07, 6.45) is 0.583. The Morgan fingerprint density at radius 3 is 2.40 bits per heavy atom. The third kappa shape index (κ3) is 5.44. The molecule has 1 amide bonds. The van der Waals surface area contributed by atoms with E-state index in [1.807, 2.05) is 55.5 Å². The number of carbonyl (C=O) groups excluding carboxylic acids is 2. The number of aryl methyl sites for hydroxylation is 1. The van der Waals surface area contributed by atoms with Gasteiger partial charge in [-0.25, -0.2) is 0 Å². The Morgan fingerprint density at radius 2 is 1.71 bits per heavy atom. The van der Waals surface area contributed by atoms with E-state index in [1.165, 1.54) is 4.90 Å². The predicted molar refractivity (Wildman–Crippen MR) is 134 cm³/mol. The minimum atomic E-state index is -0.687. The number of hydrogen-bond acceptors (Lipinski definition) is 5. The highest BCUT2D eigenvalue weighted by molar-refractivity contribution is 6.46. The van der Waals surface area contributed by atoms with Gasteiger partial charge in [0.2, 0.25) is 0 Å². The molecule has 1 heterocycles. The summed E-state index contributed by atoms with van der Waals surface area (Å²) in [5, 5.41) is 11.2. The van der Waals surface area contributed by atoms with E-state index in [2.05, 4.69) is 6.07 Å². The molecule has 35 heavy (non-hydrogen) atoms. The van der Waals surface area contributed by atoms with E-state index in [4.69, 9.17) is 9.47 Å². The van der Waals surface area contributed by atoms with E-state index >= 15 is 0 Å². The van der Waals surface area contributed by atoms with E-state index in [1.54, 1.807) is 31.4 Å². The highest BCUT2D eigenvalue weighted by Gasteiger charge is 2.45. The Balaban J connectivity index is 1.61. The van der Waals surface area contributed by atoms with Gasteiger partial charge < -0.3 is 19.5 Å². The zero-order chi connectivity index (χ0) is 24.8. The quantitative estimate of drug-likeness (QED) is 0.205. The summed E-state index contributed by atoms with van der Waals surface area (Å²) in [6.45, 7) is 3.27. The monoisotopic (exact) mass is 471 g/mol. The van der Waals surface area contributed by atoms with Crippen molar-refractivity contribution in [2.45, 2.75) is 26.0 Å². The van der Waals surface area contributed by atoms with E-state index in [9.17, 15) is 14.7 Å². The van der Waals surface area contributed by atoms with Crippen molar-refractivity contribution in [3.8, 4) is 5.75 Å². The molecule has 0 radical (unpaired) electrons. The first-order valence-corrected chi connectivity index (χ1v) is 11.6. The van der Waals surface area contributed by atoms with Crippen molar-refractivity contribution in [2.24, 2.45) is 0 Å². The van der Waals surface area contributed by atoms with Crippen LogP contribution >= 0.6 is 0 Å². The van der Waals surface area contributed by atoms with Crippen LogP contribution in [0.5, 0.6) is 5.75 Å².